The van der Waals surface area contributed by atoms with Crippen LogP contribution in [0.25, 0.3) is 0 Å². The van der Waals surface area contributed by atoms with E-state index in [9.17, 15) is 4.79 Å². The number of nitrogens with zero attached hydrogens (tertiary/aromatic N) is 3. The fourth-order valence-electron chi connectivity index (χ4n) is 4.38. The second-order valence-electron chi connectivity index (χ2n) is 9.63. The molecule has 37 heavy (non-hydrogen) atoms. The summed E-state index contributed by atoms with van der Waals surface area (Å²) in [6.07, 6.45) is 3.58. The van der Waals surface area contributed by atoms with Gasteiger partial charge in [-0.15, -0.1) is 0 Å². The van der Waals surface area contributed by atoms with E-state index >= 15 is 0 Å². The molecule has 0 amide bonds. The maximum atomic E-state index is 11.6. The van der Waals surface area contributed by atoms with Gasteiger partial charge in [-0.1, -0.05) is 49.2 Å². The van der Waals surface area contributed by atoms with Gasteiger partial charge in [0, 0.05) is 38.7 Å². The smallest absolute Gasteiger partial charge is 0.311 e. The number of rotatable bonds is 10. The number of anilines is 1. The van der Waals surface area contributed by atoms with Gasteiger partial charge in [-0.05, 0) is 49.6 Å². The van der Waals surface area contributed by atoms with Gasteiger partial charge in [0.15, 0.2) is 5.90 Å². The van der Waals surface area contributed by atoms with Crippen molar-refractivity contribution in [3.63, 3.8) is 0 Å². The van der Waals surface area contributed by atoms with E-state index in [1.165, 1.54) is 0 Å². The first-order valence-corrected chi connectivity index (χ1v) is 13.7. The van der Waals surface area contributed by atoms with Crippen molar-refractivity contribution in [2.45, 2.75) is 39.5 Å². The van der Waals surface area contributed by atoms with Crippen LogP contribution < -0.4 is 9.64 Å². The highest BCUT2D eigenvalue weighted by Gasteiger charge is 2.20. The lowest BCUT2D eigenvalue weighted by Gasteiger charge is -2.36. The molecular weight excluding hydrogens is 513 g/mol. The Labute approximate surface area is 229 Å². The van der Waals surface area contributed by atoms with Gasteiger partial charge >= 0.3 is 5.97 Å². The predicted octanol–water partition coefficient (Wildman–Crippen LogP) is 6.12. The number of piperazine rings is 1. The number of hydrogen-bond acceptors (Lipinski definition) is 7. The summed E-state index contributed by atoms with van der Waals surface area (Å²) in [5.74, 6) is 0.931. The molecule has 0 N–H and O–H groups in total. The van der Waals surface area contributed by atoms with E-state index in [2.05, 4.69) is 20.9 Å². The molecule has 2 heterocycles. The van der Waals surface area contributed by atoms with Gasteiger partial charge in [0.05, 0.1) is 33.9 Å². The van der Waals surface area contributed by atoms with Crippen LogP contribution in [0.3, 0.4) is 0 Å². The van der Waals surface area contributed by atoms with Gasteiger partial charge in [0.25, 0.3) is 0 Å². The Morgan fingerprint density at radius 2 is 1.84 bits per heavy atom. The minimum Gasteiger partial charge on any atom is -0.494 e. The Bertz CT molecular complexity index is 1100. The Balaban J connectivity index is 1.15. The summed E-state index contributed by atoms with van der Waals surface area (Å²) in [5.41, 5.74) is 3.04. The van der Waals surface area contributed by atoms with E-state index in [0.717, 1.165) is 74.7 Å². The summed E-state index contributed by atoms with van der Waals surface area (Å²) in [6, 6.07) is 11.8. The maximum Gasteiger partial charge on any atom is 0.311 e. The zero-order valence-corrected chi connectivity index (χ0v) is 23.1. The van der Waals surface area contributed by atoms with Crippen molar-refractivity contribution in [2.75, 3.05) is 51.0 Å². The number of unbranched alkanes of at least 4 members (excludes halogenated alkanes) is 1. The molecule has 2 aromatic carbocycles. The highest BCUT2D eigenvalue weighted by atomic mass is 35.5. The fourth-order valence-corrected chi connectivity index (χ4v) is 4.80. The zero-order chi connectivity index (χ0) is 26.2. The lowest BCUT2D eigenvalue weighted by molar-refractivity contribution is -0.154. The van der Waals surface area contributed by atoms with E-state index in [1.54, 1.807) is 13.8 Å². The van der Waals surface area contributed by atoms with Gasteiger partial charge in [0.2, 0.25) is 6.79 Å². The van der Waals surface area contributed by atoms with Crippen molar-refractivity contribution in [3.8, 4) is 5.75 Å². The molecule has 9 heteroatoms. The number of aryl methyl sites for hydroxylation is 1. The molecule has 1 fully saturated rings. The van der Waals surface area contributed by atoms with Crippen molar-refractivity contribution in [2.24, 2.45) is 10.9 Å². The zero-order valence-electron chi connectivity index (χ0n) is 21.6. The Morgan fingerprint density at radius 1 is 1.03 bits per heavy atom. The molecule has 200 valence electrons. The first-order valence-electron chi connectivity index (χ1n) is 12.9. The molecule has 1 saturated heterocycles. The molecule has 0 radical (unpaired) electrons. The van der Waals surface area contributed by atoms with Crippen LogP contribution in [-0.2, 0) is 20.7 Å². The molecule has 0 saturated carbocycles. The van der Waals surface area contributed by atoms with E-state index in [4.69, 9.17) is 37.4 Å². The number of hydrogen-bond donors (Lipinski definition) is 0. The molecule has 0 bridgehead atoms. The van der Waals surface area contributed by atoms with E-state index in [-0.39, 0.29) is 18.7 Å². The number of aliphatic imine (C=N–C) groups is 1. The number of benzene rings is 2. The first kappa shape index (κ1) is 27.6. The number of halogens is 2. The third-order valence-electron chi connectivity index (χ3n) is 6.59. The van der Waals surface area contributed by atoms with Crippen molar-refractivity contribution in [1.82, 2.24) is 4.90 Å². The van der Waals surface area contributed by atoms with Crippen LogP contribution in [0, 0.1) is 5.92 Å². The van der Waals surface area contributed by atoms with Crippen LogP contribution in [0.4, 0.5) is 11.4 Å². The summed E-state index contributed by atoms with van der Waals surface area (Å²) < 4.78 is 16.7. The average molecular weight is 549 g/mol. The molecule has 0 unspecified atom stereocenters. The summed E-state index contributed by atoms with van der Waals surface area (Å²) in [6.45, 7) is 9.09. The minimum atomic E-state index is -0.280. The quantitative estimate of drug-likeness (QED) is 0.202. The van der Waals surface area contributed by atoms with E-state index < -0.39 is 0 Å². The normalized spacial score (nSPS) is 15.8. The minimum absolute atomic E-state index is 0.106. The average Bonchev–Trinajstić information content (AvgIpc) is 2.90. The van der Waals surface area contributed by atoms with Gasteiger partial charge in [-0.25, -0.2) is 4.99 Å². The van der Waals surface area contributed by atoms with Crippen molar-refractivity contribution >= 4 is 46.4 Å². The fraction of sp³-hybridized carbons (Fsp3) is 0.500. The number of ether oxygens (including phenoxy) is 3. The standard InChI is InChI=1S/C28H35Cl2N3O4/c1-20(2)28(34)37-19-36-26-11-9-21-8-10-22(18-24(21)31-26)35-17-4-3-12-32-13-15-33(16-14-32)25-7-5-6-23(29)27(25)30/h5-8,10,18,20H,3-4,9,11-17,19H2,1-2H3. The highest BCUT2D eigenvalue weighted by molar-refractivity contribution is 6.43. The second-order valence-corrected chi connectivity index (χ2v) is 10.4. The third kappa shape index (κ3) is 7.76. The van der Waals surface area contributed by atoms with Crippen LogP contribution in [0.5, 0.6) is 5.75 Å². The number of fused-ring (bicyclic) bond motifs is 1. The lowest BCUT2D eigenvalue weighted by atomic mass is 10.0. The lowest BCUT2D eigenvalue weighted by Crippen LogP contribution is -2.46. The van der Waals surface area contributed by atoms with Crippen LogP contribution in [0.1, 0.15) is 38.7 Å². The molecular formula is C28H35Cl2N3O4. The van der Waals surface area contributed by atoms with Crippen LogP contribution in [0.15, 0.2) is 41.4 Å². The predicted molar refractivity (Wildman–Crippen MR) is 149 cm³/mol. The van der Waals surface area contributed by atoms with Crippen LogP contribution >= 0.6 is 23.2 Å². The number of carbonyl (C=O) groups is 1. The van der Waals surface area contributed by atoms with Crippen molar-refractivity contribution in [1.29, 1.82) is 0 Å². The number of esters is 1. The van der Waals surface area contributed by atoms with Crippen LogP contribution in [-0.4, -0.2) is 62.9 Å². The Hall–Kier alpha value is -2.48. The summed E-state index contributed by atoms with van der Waals surface area (Å²) >= 11 is 12.6. The molecule has 2 aliphatic heterocycles. The maximum absolute atomic E-state index is 11.6. The topological polar surface area (TPSA) is 63.6 Å². The molecule has 0 aliphatic carbocycles. The summed E-state index contributed by atoms with van der Waals surface area (Å²) in [4.78, 5) is 21.0. The van der Waals surface area contributed by atoms with Crippen molar-refractivity contribution < 1.29 is 19.0 Å². The monoisotopic (exact) mass is 547 g/mol. The molecule has 2 aromatic rings. The van der Waals surface area contributed by atoms with Crippen LogP contribution in [0.2, 0.25) is 10.0 Å². The Kier molecular flexibility index (Phi) is 9.95. The molecule has 7 nitrogen and oxygen atoms in total. The van der Waals surface area contributed by atoms with E-state index in [0.29, 0.717) is 29.0 Å². The summed E-state index contributed by atoms with van der Waals surface area (Å²) in [7, 11) is 0. The third-order valence-corrected chi connectivity index (χ3v) is 7.40. The first-order chi connectivity index (χ1) is 17.9. The molecule has 2 aliphatic rings. The second kappa shape index (κ2) is 13.4. The SMILES string of the molecule is CC(C)C(=O)OCOC1=Nc2cc(OCCCCN3CCN(c4cccc(Cl)c4Cl)CC3)ccc2CC1. The molecule has 0 aromatic heterocycles. The molecule has 0 atom stereocenters. The summed E-state index contributed by atoms with van der Waals surface area (Å²) in [5, 5.41) is 1.24. The van der Waals surface area contributed by atoms with Gasteiger partial charge in [0.1, 0.15) is 5.75 Å². The van der Waals surface area contributed by atoms with Gasteiger partial charge in [-0.3, -0.25) is 9.69 Å². The van der Waals surface area contributed by atoms with E-state index in [1.807, 2.05) is 30.3 Å². The molecule has 4 rings (SSSR count). The number of carbonyl (C=O) groups excluding carboxylic acids is 1. The van der Waals surface area contributed by atoms with Crippen molar-refractivity contribution in [3.05, 3.63) is 52.0 Å². The highest BCUT2D eigenvalue weighted by Crippen LogP contribution is 2.33. The largest absolute Gasteiger partial charge is 0.494 e. The van der Waals surface area contributed by atoms with Gasteiger partial charge in [-0.2, -0.15) is 0 Å². The van der Waals surface area contributed by atoms with Gasteiger partial charge < -0.3 is 19.1 Å². The molecule has 0 spiro atoms. The Morgan fingerprint density at radius 3 is 2.62 bits per heavy atom.